The lowest BCUT2D eigenvalue weighted by Gasteiger charge is -2.58. The molecule has 0 aromatic rings. The molecule has 4 saturated carbocycles. The minimum atomic E-state index is -0.160. The number of hydrogen-bond donors (Lipinski definition) is 1. The largest absolute Gasteiger partial charge is 0.396 e. The second kappa shape index (κ2) is 8.66. The van der Waals surface area contributed by atoms with Crippen molar-refractivity contribution in [3.8, 4) is 0 Å². The summed E-state index contributed by atoms with van der Waals surface area (Å²) < 4.78 is 0. The minimum absolute atomic E-state index is 0. The maximum absolute atomic E-state index is 13.2. The maximum atomic E-state index is 13.2. The zero-order valence-corrected chi connectivity index (χ0v) is 19.0. The Hall–Kier alpha value is -0.940. The normalized spacial score (nSPS) is 42.7. The fraction of sp³-hybridized carbons (Fsp3) is 0.870. The molecule has 0 aliphatic heterocycles. The molecule has 29 heavy (non-hydrogen) atoms. The van der Waals surface area contributed by atoms with Crippen molar-refractivity contribution in [3.63, 3.8) is 0 Å². The van der Waals surface area contributed by atoms with Crippen molar-refractivity contribution in [3.05, 3.63) is 0 Å². The molecule has 4 aliphatic rings. The summed E-state index contributed by atoms with van der Waals surface area (Å²) in [5, 5.41) is 7.49. The van der Waals surface area contributed by atoms with Crippen molar-refractivity contribution in [2.45, 2.75) is 71.6 Å². The van der Waals surface area contributed by atoms with Crippen molar-refractivity contribution in [1.82, 2.24) is 5.32 Å². The fourth-order valence-corrected chi connectivity index (χ4v) is 7.15. The summed E-state index contributed by atoms with van der Waals surface area (Å²) in [6, 6.07) is 0. The van der Waals surface area contributed by atoms with Gasteiger partial charge in [0, 0.05) is 24.2 Å². The van der Waals surface area contributed by atoms with E-state index in [1.807, 2.05) is 7.05 Å². The molecule has 0 unspecified atom stereocenters. The Bertz CT molecular complexity index is 681. The molecule has 164 valence electrons. The highest BCUT2D eigenvalue weighted by Gasteiger charge is 2.62. The highest BCUT2D eigenvalue weighted by molar-refractivity contribution is 5.93. The summed E-state index contributed by atoms with van der Waals surface area (Å²) in [7, 11) is 1.94. The number of oxime groups is 1. The predicted molar refractivity (Wildman–Crippen MR) is 116 cm³/mol. The van der Waals surface area contributed by atoms with Crippen LogP contribution in [0.3, 0.4) is 0 Å². The number of nitrogens with zero attached hydrogens (tertiary/aromatic N) is 1. The van der Waals surface area contributed by atoms with Gasteiger partial charge in [-0.3, -0.25) is 9.59 Å². The molecular formula is C23H37ClN2O3. The number of hydrogen-bond acceptors (Lipinski definition) is 5. The molecule has 1 N–H and O–H groups in total. The summed E-state index contributed by atoms with van der Waals surface area (Å²) >= 11 is 0. The van der Waals surface area contributed by atoms with Crippen molar-refractivity contribution in [1.29, 1.82) is 0 Å². The third kappa shape index (κ3) is 3.78. The van der Waals surface area contributed by atoms with Crippen LogP contribution in [0.25, 0.3) is 0 Å². The van der Waals surface area contributed by atoms with Crippen LogP contribution in [0.2, 0.25) is 0 Å². The Morgan fingerprint density at radius 3 is 2.66 bits per heavy atom. The lowest BCUT2D eigenvalue weighted by atomic mass is 9.45. The van der Waals surface area contributed by atoms with Gasteiger partial charge in [-0.15, -0.1) is 12.4 Å². The van der Waals surface area contributed by atoms with E-state index < -0.39 is 0 Å². The molecule has 0 spiro atoms. The molecule has 4 aliphatic carbocycles. The van der Waals surface area contributed by atoms with E-state index in [9.17, 15) is 9.59 Å². The molecule has 4 rings (SSSR count). The minimum Gasteiger partial charge on any atom is -0.396 e. The van der Waals surface area contributed by atoms with E-state index in [4.69, 9.17) is 4.84 Å². The van der Waals surface area contributed by atoms with Crippen molar-refractivity contribution >= 4 is 29.7 Å². The average Bonchev–Trinajstić information content (AvgIpc) is 2.98. The number of carbonyl (C=O) groups is 2. The molecule has 6 heteroatoms. The highest BCUT2D eigenvalue weighted by atomic mass is 35.5. The Kier molecular flexibility index (Phi) is 6.79. The topological polar surface area (TPSA) is 67.8 Å². The molecule has 0 heterocycles. The van der Waals surface area contributed by atoms with Crippen molar-refractivity contribution in [2.75, 3.05) is 20.2 Å². The van der Waals surface area contributed by atoms with Crippen LogP contribution in [0.15, 0.2) is 5.16 Å². The first-order chi connectivity index (χ1) is 13.4. The molecule has 0 amide bonds. The molecule has 5 nitrogen and oxygen atoms in total. The van der Waals surface area contributed by atoms with Crippen LogP contribution in [0.1, 0.15) is 71.6 Å². The van der Waals surface area contributed by atoms with Gasteiger partial charge in [0.2, 0.25) is 0 Å². The highest BCUT2D eigenvalue weighted by Crippen LogP contribution is 2.64. The van der Waals surface area contributed by atoms with Crippen LogP contribution < -0.4 is 5.32 Å². The molecule has 6 atom stereocenters. The van der Waals surface area contributed by atoms with Gasteiger partial charge in [0.15, 0.2) is 0 Å². The number of halogens is 1. The molecule has 0 bridgehead atoms. The van der Waals surface area contributed by atoms with E-state index in [0.717, 1.165) is 63.6 Å². The number of ketones is 2. The summed E-state index contributed by atoms with van der Waals surface area (Å²) in [4.78, 5) is 31.3. The van der Waals surface area contributed by atoms with Gasteiger partial charge in [0.25, 0.3) is 0 Å². The fourth-order valence-electron chi connectivity index (χ4n) is 7.15. The first-order valence-corrected chi connectivity index (χ1v) is 11.3. The molecule has 0 aromatic carbocycles. The standard InChI is InChI=1S/C23H36N2O3.ClH/c1-22-9-7-15(25-28-12-4-11-24-3)13-19(22)20(26)14-16-17-5-6-21(27)23(17,2)10-8-18(16)22;/h16-19,24H,4-14H2,1-3H3;1H/b25-15+;/t16-,17-,18-,19+,22+,23-;/m0./s1. The zero-order chi connectivity index (χ0) is 19.9. The van der Waals surface area contributed by atoms with Gasteiger partial charge in [0.05, 0.1) is 5.71 Å². The second-order valence-corrected chi connectivity index (χ2v) is 10.2. The molecule has 0 aromatic heterocycles. The van der Waals surface area contributed by atoms with Crippen LogP contribution in [-0.4, -0.2) is 37.5 Å². The summed E-state index contributed by atoms with van der Waals surface area (Å²) in [5.74, 6) is 2.36. The molecule has 0 radical (unpaired) electrons. The maximum Gasteiger partial charge on any atom is 0.139 e. The molecular weight excluding hydrogens is 388 g/mol. The first kappa shape index (κ1) is 22.7. The van der Waals surface area contributed by atoms with Crippen molar-refractivity contribution in [2.24, 2.45) is 39.7 Å². The van der Waals surface area contributed by atoms with Crippen LogP contribution in [0.5, 0.6) is 0 Å². The monoisotopic (exact) mass is 424 g/mol. The van der Waals surface area contributed by atoms with Crippen LogP contribution in [0, 0.1) is 34.5 Å². The number of fused-ring (bicyclic) bond motifs is 5. The van der Waals surface area contributed by atoms with Crippen LogP contribution in [-0.2, 0) is 14.4 Å². The third-order valence-electron chi connectivity index (χ3n) is 8.86. The Labute approximate surface area is 181 Å². The predicted octanol–water partition coefficient (Wildman–Crippen LogP) is 4.18. The van der Waals surface area contributed by atoms with E-state index in [0.29, 0.717) is 42.3 Å². The van der Waals surface area contributed by atoms with Gasteiger partial charge in [-0.1, -0.05) is 19.0 Å². The number of Topliss-reactive ketones (excluding diaryl/α,β-unsaturated/α-hetero) is 2. The smallest absolute Gasteiger partial charge is 0.139 e. The van der Waals surface area contributed by atoms with Gasteiger partial charge >= 0.3 is 0 Å². The van der Waals surface area contributed by atoms with Gasteiger partial charge in [0.1, 0.15) is 18.2 Å². The second-order valence-electron chi connectivity index (χ2n) is 10.2. The quantitative estimate of drug-likeness (QED) is 0.531. The van der Waals surface area contributed by atoms with Crippen molar-refractivity contribution < 1.29 is 14.4 Å². The van der Waals surface area contributed by atoms with Gasteiger partial charge in [-0.25, -0.2) is 0 Å². The van der Waals surface area contributed by atoms with Gasteiger partial charge < -0.3 is 10.2 Å². The average molecular weight is 425 g/mol. The number of carbonyl (C=O) groups excluding carboxylic acids is 2. The van der Waals surface area contributed by atoms with E-state index in [1.165, 1.54) is 0 Å². The van der Waals surface area contributed by atoms with E-state index >= 15 is 0 Å². The number of rotatable bonds is 5. The van der Waals surface area contributed by atoms with Gasteiger partial charge in [-0.05, 0) is 81.7 Å². The molecule has 0 saturated heterocycles. The number of nitrogens with one attached hydrogen (secondary N) is 1. The van der Waals surface area contributed by atoms with Gasteiger partial charge in [-0.2, -0.15) is 0 Å². The first-order valence-electron chi connectivity index (χ1n) is 11.3. The Balaban J connectivity index is 0.00000240. The lowest BCUT2D eigenvalue weighted by Crippen LogP contribution is -2.56. The summed E-state index contributed by atoms with van der Waals surface area (Å²) in [5.41, 5.74) is 0.973. The molecule has 4 fully saturated rings. The third-order valence-corrected chi connectivity index (χ3v) is 8.86. The lowest BCUT2D eigenvalue weighted by molar-refractivity contribution is -0.152. The summed E-state index contributed by atoms with van der Waals surface area (Å²) in [6.07, 6.45) is 8.20. The van der Waals surface area contributed by atoms with Crippen LogP contribution >= 0.6 is 12.4 Å². The SMILES string of the molecule is CNCCCO/N=C1\CC[C@@]2(C)[C@H](C1)C(=O)C[C@@H]1[C@@H]2CC[C@]2(C)C(=O)CC[C@@H]12.Cl. The zero-order valence-electron chi connectivity index (χ0n) is 18.2. The Morgan fingerprint density at radius 1 is 1.10 bits per heavy atom. The summed E-state index contributed by atoms with van der Waals surface area (Å²) in [6.45, 7) is 6.09. The Morgan fingerprint density at radius 2 is 1.90 bits per heavy atom. The van der Waals surface area contributed by atoms with E-state index in [2.05, 4.69) is 24.3 Å². The van der Waals surface area contributed by atoms with Crippen LogP contribution in [0.4, 0.5) is 0 Å². The van der Waals surface area contributed by atoms with E-state index in [1.54, 1.807) is 0 Å². The van der Waals surface area contributed by atoms with E-state index in [-0.39, 0.29) is 29.2 Å².